The van der Waals surface area contributed by atoms with Crippen LogP contribution < -0.4 is 4.74 Å². The molecule has 1 saturated carbocycles. The van der Waals surface area contributed by atoms with Crippen LogP contribution in [-0.4, -0.2) is 35.3 Å². The highest BCUT2D eigenvalue weighted by molar-refractivity contribution is 5.94. The smallest absolute Gasteiger partial charge is 0.223 e. The molecule has 1 aliphatic rings. The minimum Gasteiger partial charge on any atom is -0.494 e. The van der Waals surface area contributed by atoms with Crippen LogP contribution in [0.1, 0.15) is 56.8 Å². The maximum atomic E-state index is 12.2. The minimum atomic E-state index is 0.0472. The van der Waals surface area contributed by atoms with E-state index in [4.69, 9.17) is 4.74 Å². The van der Waals surface area contributed by atoms with Crippen molar-refractivity contribution >= 4 is 11.7 Å². The molecule has 0 aliphatic heterocycles. The molecule has 0 spiro atoms. The topological polar surface area (TPSA) is 46.6 Å². The first-order valence-electron chi connectivity index (χ1n) is 8.04. The second-order valence-electron chi connectivity index (χ2n) is 6.16. The number of carbonyl (C=O) groups is 2. The summed E-state index contributed by atoms with van der Waals surface area (Å²) in [4.78, 5) is 25.4. The van der Waals surface area contributed by atoms with Gasteiger partial charge in [-0.25, -0.2) is 0 Å². The summed E-state index contributed by atoms with van der Waals surface area (Å²) in [5.41, 5.74) is 0.680. The summed E-state index contributed by atoms with van der Waals surface area (Å²) in [5, 5.41) is 0. The van der Waals surface area contributed by atoms with Gasteiger partial charge < -0.3 is 9.64 Å². The lowest BCUT2D eigenvalue weighted by atomic mass is 10.1. The molecule has 2 rings (SSSR count). The van der Waals surface area contributed by atoms with Crippen LogP contribution >= 0.6 is 0 Å². The van der Waals surface area contributed by atoms with E-state index in [0.717, 1.165) is 18.6 Å². The average molecular weight is 303 g/mol. The first-order chi connectivity index (χ1) is 10.5. The van der Waals surface area contributed by atoms with Crippen LogP contribution in [0.25, 0.3) is 0 Å². The zero-order valence-electron chi connectivity index (χ0n) is 13.7. The summed E-state index contributed by atoms with van der Waals surface area (Å²) in [7, 11) is 0. The van der Waals surface area contributed by atoms with Gasteiger partial charge in [0, 0.05) is 24.1 Å². The van der Waals surface area contributed by atoms with Crippen LogP contribution in [0.4, 0.5) is 0 Å². The predicted molar refractivity (Wildman–Crippen MR) is 86.2 cm³/mol. The third-order valence-electron chi connectivity index (χ3n) is 3.85. The summed E-state index contributed by atoms with van der Waals surface area (Å²) < 4.78 is 5.63. The number of hydrogen-bond donors (Lipinski definition) is 0. The van der Waals surface area contributed by atoms with E-state index in [0.29, 0.717) is 31.1 Å². The number of hydrogen-bond acceptors (Lipinski definition) is 3. The molecule has 1 aromatic carbocycles. The summed E-state index contributed by atoms with van der Waals surface area (Å²) in [6.45, 7) is 6.20. The molecule has 0 saturated heterocycles. The molecule has 1 aromatic rings. The monoisotopic (exact) mass is 303 g/mol. The first-order valence-corrected chi connectivity index (χ1v) is 8.04. The van der Waals surface area contributed by atoms with Crippen LogP contribution in [-0.2, 0) is 4.79 Å². The lowest BCUT2D eigenvalue weighted by Gasteiger charge is -2.26. The Labute approximate surface area is 132 Å². The van der Waals surface area contributed by atoms with Crippen molar-refractivity contribution in [1.29, 1.82) is 0 Å². The third-order valence-corrected chi connectivity index (χ3v) is 3.85. The van der Waals surface area contributed by atoms with E-state index in [1.54, 1.807) is 31.2 Å². The van der Waals surface area contributed by atoms with E-state index in [9.17, 15) is 9.59 Å². The van der Waals surface area contributed by atoms with Gasteiger partial charge in [0.25, 0.3) is 0 Å². The van der Waals surface area contributed by atoms with Crippen molar-refractivity contribution in [3.63, 3.8) is 0 Å². The Balaban J connectivity index is 1.72. The molecule has 4 nitrogen and oxygen atoms in total. The lowest BCUT2D eigenvalue weighted by molar-refractivity contribution is -0.133. The van der Waals surface area contributed by atoms with Crippen molar-refractivity contribution in [3.8, 4) is 5.75 Å². The molecule has 0 aromatic heterocycles. The van der Waals surface area contributed by atoms with Gasteiger partial charge in [-0.3, -0.25) is 9.59 Å². The van der Waals surface area contributed by atoms with Crippen molar-refractivity contribution < 1.29 is 14.3 Å². The fourth-order valence-electron chi connectivity index (χ4n) is 2.59. The normalized spacial score (nSPS) is 14.0. The average Bonchev–Trinajstić information content (AvgIpc) is 3.28. The maximum absolute atomic E-state index is 12.2. The molecule has 0 atom stereocenters. The highest BCUT2D eigenvalue weighted by Gasteiger charge is 2.33. The molecule has 0 heterocycles. The number of rotatable bonds is 8. The van der Waals surface area contributed by atoms with E-state index in [-0.39, 0.29) is 17.7 Å². The Morgan fingerprint density at radius 3 is 2.36 bits per heavy atom. The Morgan fingerprint density at radius 2 is 1.86 bits per heavy atom. The van der Waals surface area contributed by atoms with Gasteiger partial charge in [-0.05, 0) is 64.3 Å². The highest BCUT2D eigenvalue weighted by Crippen LogP contribution is 2.29. The Kier molecular flexibility index (Phi) is 5.58. The summed E-state index contributed by atoms with van der Waals surface area (Å²) >= 11 is 0. The second kappa shape index (κ2) is 7.43. The number of ketones is 1. The Bertz CT molecular complexity index is 516. The molecule has 1 aliphatic carbocycles. The van der Waals surface area contributed by atoms with Crippen molar-refractivity contribution in [2.24, 2.45) is 0 Å². The van der Waals surface area contributed by atoms with Crippen molar-refractivity contribution in [2.75, 3.05) is 6.61 Å². The van der Waals surface area contributed by atoms with E-state index in [2.05, 4.69) is 13.8 Å². The molecule has 0 radical (unpaired) electrons. The van der Waals surface area contributed by atoms with Gasteiger partial charge in [0.05, 0.1) is 6.61 Å². The van der Waals surface area contributed by atoms with Crippen LogP contribution in [0, 0.1) is 0 Å². The number of nitrogens with zero attached hydrogens (tertiary/aromatic N) is 1. The molecule has 0 N–H and O–H groups in total. The number of benzene rings is 1. The highest BCUT2D eigenvalue weighted by atomic mass is 16.5. The molecule has 4 heteroatoms. The Morgan fingerprint density at radius 1 is 1.23 bits per heavy atom. The molecule has 22 heavy (non-hydrogen) atoms. The number of amides is 1. The van der Waals surface area contributed by atoms with Gasteiger partial charge in [0.15, 0.2) is 5.78 Å². The minimum absolute atomic E-state index is 0.0472. The summed E-state index contributed by atoms with van der Waals surface area (Å²) in [5.74, 6) is 1.01. The van der Waals surface area contributed by atoms with E-state index >= 15 is 0 Å². The van der Waals surface area contributed by atoms with E-state index in [1.807, 2.05) is 4.90 Å². The summed E-state index contributed by atoms with van der Waals surface area (Å²) in [6, 6.07) is 7.85. The predicted octanol–water partition coefficient (Wildman–Crippen LogP) is 3.45. The Hall–Kier alpha value is -1.84. The SMILES string of the molecule is CC(=O)c1ccc(OCCCC(=O)N(C(C)C)C2CC2)cc1. The number of carbonyl (C=O) groups excluding carboxylic acids is 2. The van der Waals surface area contributed by atoms with Gasteiger partial charge in [-0.2, -0.15) is 0 Å². The van der Waals surface area contributed by atoms with Crippen LogP contribution in [0.2, 0.25) is 0 Å². The van der Waals surface area contributed by atoms with Gasteiger partial charge in [0.1, 0.15) is 5.75 Å². The molecule has 1 fully saturated rings. The van der Waals surface area contributed by atoms with E-state index < -0.39 is 0 Å². The quantitative estimate of drug-likeness (QED) is 0.546. The second-order valence-corrected chi connectivity index (χ2v) is 6.16. The fraction of sp³-hybridized carbons (Fsp3) is 0.556. The number of ether oxygens (including phenoxy) is 1. The van der Waals surface area contributed by atoms with Crippen molar-refractivity contribution in [1.82, 2.24) is 4.90 Å². The largest absolute Gasteiger partial charge is 0.494 e. The summed E-state index contributed by atoms with van der Waals surface area (Å²) in [6.07, 6.45) is 3.52. The van der Waals surface area contributed by atoms with Gasteiger partial charge >= 0.3 is 0 Å². The molecule has 1 amide bonds. The van der Waals surface area contributed by atoms with E-state index in [1.165, 1.54) is 0 Å². The zero-order chi connectivity index (χ0) is 16.1. The maximum Gasteiger partial charge on any atom is 0.223 e. The standard InChI is InChI=1S/C18H25NO3/c1-13(2)19(16-8-9-16)18(21)5-4-12-22-17-10-6-15(7-11-17)14(3)20/h6-7,10-11,13,16H,4-5,8-9,12H2,1-3H3. The molecule has 0 bridgehead atoms. The van der Waals surface area contributed by atoms with Crippen LogP contribution in [0.15, 0.2) is 24.3 Å². The van der Waals surface area contributed by atoms with Gasteiger partial charge in [0.2, 0.25) is 5.91 Å². The lowest BCUT2D eigenvalue weighted by Crippen LogP contribution is -2.38. The third kappa shape index (κ3) is 4.58. The van der Waals surface area contributed by atoms with Crippen molar-refractivity contribution in [2.45, 2.75) is 58.5 Å². The molecular formula is C18H25NO3. The number of Topliss-reactive ketones (excluding diaryl/α,β-unsaturated/α-hetero) is 1. The molecule has 120 valence electrons. The molecular weight excluding hydrogens is 278 g/mol. The molecule has 0 unspecified atom stereocenters. The van der Waals surface area contributed by atoms with Crippen LogP contribution in [0.3, 0.4) is 0 Å². The zero-order valence-corrected chi connectivity index (χ0v) is 13.7. The fourth-order valence-corrected chi connectivity index (χ4v) is 2.59. The first kappa shape index (κ1) is 16.5. The van der Waals surface area contributed by atoms with Gasteiger partial charge in [-0.1, -0.05) is 0 Å². The van der Waals surface area contributed by atoms with Crippen molar-refractivity contribution in [3.05, 3.63) is 29.8 Å². The van der Waals surface area contributed by atoms with Crippen LogP contribution in [0.5, 0.6) is 5.75 Å². The van der Waals surface area contributed by atoms with Gasteiger partial charge in [-0.15, -0.1) is 0 Å².